The maximum absolute atomic E-state index is 12.7. The molecule has 1 amide bonds. The largest absolute Gasteiger partial charge is 0.339 e. The number of piperazine rings is 1. The Morgan fingerprint density at radius 2 is 1.71 bits per heavy atom. The highest BCUT2D eigenvalue weighted by molar-refractivity contribution is 5.83. The van der Waals surface area contributed by atoms with Gasteiger partial charge in [-0.05, 0) is 30.4 Å². The van der Waals surface area contributed by atoms with E-state index in [0.29, 0.717) is 6.54 Å². The molecule has 2 fully saturated rings. The number of benzene rings is 1. The van der Waals surface area contributed by atoms with E-state index in [1.54, 1.807) is 0 Å². The first-order chi connectivity index (χ1) is 11.8. The molecule has 0 radical (unpaired) electrons. The molecule has 2 aromatic rings. The van der Waals surface area contributed by atoms with Crippen molar-refractivity contribution in [3.05, 3.63) is 36.5 Å². The molecule has 1 aliphatic heterocycles. The van der Waals surface area contributed by atoms with E-state index in [1.165, 1.54) is 37.5 Å². The van der Waals surface area contributed by atoms with E-state index in [2.05, 4.69) is 27.7 Å². The van der Waals surface area contributed by atoms with Crippen LogP contribution in [0.15, 0.2) is 36.5 Å². The molecule has 24 heavy (non-hydrogen) atoms. The number of para-hydroxylation sites is 1. The lowest BCUT2D eigenvalue weighted by Gasteiger charge is -2.40. The van der Waals surface area contributed by atoms with Crippen molar-refractivity contribution in [1.82, 2.24) is 14.4 Å². The number of rotatable bonds is 3. The van der Waals surface area contributed by atoms with E-state index in [-0.39, 0.29) is 5.91 Å². The molecule has 4 rings (SSSR count). The lowest BCUT2D eigenvalue weighted by molar-refractivity contribution is -0.133. The van der Waals surface area contributed by atoms with Crippen molar-refractivity contribution in [2.75, 3.05) is 26.2 Å². The second-order valence-corrected chi connectivity index (χ2v) is 7.21. The van der Waals surface area contributed by atoms with Crippen molar-refractivity contribution >= 4 is 16.8 Å². The van der Waals surface area contributed by atoms with Gasteiger partial charge in [0.1, 0.15) is 6.54 Å². The van der Waals surface area contributed by atoms with Crippen molar-refractivity contribution < 1.29 is 4.79 Å². The predicted molar refractivity (Wildman–Crippen MR) is 97.0 cm³/mol. The fourth-order valence-electron chi connectivity index (χ4n) is 4.31. The summed E-state index contributed by atoms with van der Waals surface area (Å²) >= 11 is 0. The van der Waals surface area contributed by atoms with Crippen LogP contribution in [-0.4, -0.2) is 52.5 Å². The van der Waals surface area contributed by atoms with Gasteiger partial charge in [0.05, 0.1) is 0 Å². The Hall–Kier alpha value is -1.81. The number of nitrogens with zero attached hydrogens (tertiary/aromatic N) is 3. The molecule has 128 valence electrons. The van der Waals surface area contributed by atoms with Crippen LogP contribution < -0.4 is 0 Å². The molecule has 0 spiro atoms. The first kappa shape index (κ1) is 15.7. The lowest BCUT2D eigenvalue weighted by Crippen LogP contribution is -2.52. The number of carbonyl (C=O) groups excluding carboxylic acids is 1. The van der Waals surface area contributed by atoms with Gasteiger partial charge in [0.15, 0.2) is 0 Å². The Morgan fingerprint density at radius 1 is 0.958 bits per heavy atom. The fraction of sp³-hybridized carbons (Fsp3) is 0.550. The molecule has 1 aromatic heterocycles. The van der Waals surface area contributed by atoms with Crippen LogP contribution in [-0.2, 0) is 11.3 Å². The van der Waals surface area contributed by atoms with E-state index in [4.69, 9.17) is 0 Å². The van der Waals surface area contributed by atoms with Crippen LogP contribution in [0.4, 0.5) is 0 Å². The molecule has 4 heteroatoms. The zero-order chi connectivity index (χ0) is 16.4. The van der Waals surface area contributed by atoms with Gasteiger partial charge in [0.25, 0.3) is 0 Å². The smallest absolute Gasteiger partial charge is 0.242 e. The Morgan fingerprint density at radius 3 is 2.50 bits per heavy atom. The highest BCUT2D eigenvalue weighted by Gasteiger charge is 2.27. The summed E-state index contributed by atoms with van der Waals surface area (Å²) in [6.07, 6.45) is 8.89. The van der Waals surface area contributed by atoms with Gasteiger partial charge >= 0.3 is 0 Å². The molecule has 1 aromatic carbocycles. The highest BCUT2D eigenvalue weighted by Crippen LogP contribution is 2.23. The van der Waals surface area contributed by atoms with Gasteiger partial charge in [-0.25, -0.2) is 0 Å². The summed E-state index contributed by atoms with van der Waals surface area (Å²) in [7, 11) is 0. The maximum atomic E-state index is 12.7. The average molecular weight is 325 g/mol. The minimum atomic E-state index is 0.250. The molecule has 0 N–H and O–H groups in total. The fourth-order valence-corrected chi connectivity index (χ4v) is 4.31. The standard InChI is InChI=1S/C20H27N3O/c24-20(16-23-11-10-17-6-4-5-9-19(17)23)22-14-12-21(13-15-22)18-7-2-1-3-8-18/h4-6,9-11,18H,1-3,7-8,12-16H2. The highest BCUT2D eigenvalue weighted by atomic mass is 16.2. The summed E-state index contributed by atoms with van der Waals surface area (Å²) in [5.41, 5.74) is 1.15. The van der Waals surface area contributed by atoms with Gasteiger partial charge in [-0.2, -0.15) is 0 Å². The Balaban J connectivity index is 1.34. The first-order valence-corrected chi connectivity index (χ1v) is 9.37. The third-order valence-corrected chi connectivity index (χ3v) is 5.74. The predicted octanol–water partition coefficient (Wildman–Crippen LogP) is 3.12. The molecule has 2 heterocycles. The Kier molecular flexibility index (Phi) is 4.56. The number of hydrogen-bond acceptors (Lipinski definition) is 2. The number of carbonyl (C=O) groups is 1. The molecule has 1 aliphatic carbocycles. The summed E-state index contributed by atoms with van der Waals surface area (Å²) < 4.78 is 2.07. The molecule has 4 nitrogen and oxygen atoms in total. The summed E-state index contributed by atoms with van der Waals surface area (Å²) in [6, 6.07) is 11.1. The SMILES string of the molecule is O=C(Cn1ccc2ccccc21)N1CCN(C2CCCCC2)CC1. The molecule has 0 atom stereocenters. The van der Waals surface area contributed by atoms with Crippen LogP contribution in [0.3, 0.4) is 0 Å². The van der Waals surface area contributed by atoms with E-state index < -0.39 is 0 Å². The zero-order valence-electron chi connectivity index (χ0n) is 14.4. The van der Waals surface area contributed by atoms with Gasteiger partial charge < -0.3 is 9.47 Å². The molecule has 2 aliphatic rings. The molecular formula is C20H27N3O. The molecule has 0 bridgehead atoms. The second-order valence-electron chi connectivity index (χ2n) is 7.21. The minimum absolute atomic E-state index is 0.250. The van der Waals surface area contributed by atoms with Crippen molar-refractivity contribution in [3.63, 3.8) is 0 Å². The summed E-state index contributed by atoms with van der Waals surface area (Å²) in [6.45, 7) is 4.31. The lowest BCUT2D eigenvalue weighted by atomic mass is 9.94. The van der Waals surface area contributed by atoms with Crippen molar-refractivity contribution in [2.24, 2.45) is 0 Å². The first-order valence-electron chi connectivity index (χ1n) is 9.37. The van der Waals surface area contributed by atoms with E-state index in [0.717, 1.165) is 37.7 Å². The number of hydrogen-bond donors (Lipinski definition) is 0. The van der Waals surface area contributed by atoms with E-state index in [1.807, 2.05) is 23.2 Å². The van der Waals surface area contributed by atoms with Gasteiger partial charge in [0.2, 0.25) is 5.91 Å². The zero-order valence-corrected chi connectivity index (χ0v) is 14.4. The molecule has 1 saturated carbocycles. The van der Waals surface area contributed by atoms with Crippen molar-refractivity contribution in [3.8, 4) is 0 Å². The molecule has 0 unspecified atom stereocenters. The Bertz CT molecular complexity index is 694. The van der Waals surface area contributed by atoms with Crippen molar-refractivity contribution in [1.29, 1.82) is 0 Å². The number of amides is 1. The minimum Gasteiger partial charge on any atom is -0.339 e. The van der Waals surface area contributed by atoms with Gasteiger partial charge in [-0.1, -0.05) is 37.5 Å². The van der Waals surface area contributed by atoms with E-state index in [9.17, 15) is 4.79 Å². The van der Waals surface area contributed by atoms with Gasteiger partial charge in [-0.3, -0.25) is 9.69 Å². The summed E-state index contributed by atoms with van der Waals surface area (Å²) in [4.78, 5) is 17.3. The van der Waals surface area contributed by atoms with Crippen LogP contribution in [0.1, 0.15) is 32.1 Å². The number of fused-ring (bicyclic) bond motifs is 1. The van der Waals surface area contributed by atoms with Crippen LogP contribution in [0.2, 0.25) is 0 Å². The average Bonchev–Trinajstić information content (AvgIpc) is 3.06. The Labute approximate surface area is 144 Å². The normalized spacial score (nSPS) is 20.6. The van der Waals surface area contributed by atoms with E-state index >= 15 is 0 Å². The monoisotopic (exact) mass is 325 g/mol. The second kappa shape index (κ2) is 6.98. The van der Waals surface area contributed by atoms with Crippen LogP contribution in [0.5, 0.6) is 0 Å². The van der Waals surface area contributed by atoms with Crippen LogP contribution in [0, 0.1) is 0 Å². The van der Waals surface area contributed by atoms with Gasteiger partial charge in [-0.15, -0.1) is 0 Å². The van der Waals surface area contributed by atoms with Crippen LogP contribution >= 0.6 is 0 Å². The molecule has 1 saturated heterocycles. The summed E-state index contributed by atoms with van der Waals surface area (Å²) in [5, 5.41) is 1.20. The number of aromatic nitrogens is 1. The van der Waals surface area contributed by atoms with Crippen molar-refractivity contribution in [2.45, 2.75) is 44.7 Å². The summed E-state index contributed by atoms with van der Waals surface area (Å²) in [5.74, 6) is 0.250. The van der Waals surface area contributed by atoms with Gasteiger partial charge in [0, 0.05) is 43.9 Å². The third-order valence-electron chi connectivity index (χ3n) is 5.74. The third kappa shape index (κ3) is 3.20. The molecular weight excluding hydrogens is 298 g/mol. The topological polar surface area (TPSA) is 28.5 Å². The maximum Gasteiger partial charge on any atom is 0.242 e. The quantitative estimate of drug-likeness (QED) is 0.867. The van der Waals surface area contributed by atoms with Crippen LogP contribution in [0.25, 0.3) is 10.9 Å².